The maximum absolute atomic E-state index is 13.0. The first kappa shape index (κ1) is 19.3. The molecule has 0 N–H and O–H groups in total. The number of Topliss-reactive ketones (excluding diaryl/α,β-unsaturated/α-hetero) is 1. The highest BCUT2D eigenvalue weighted by Gasteiger charge is 2.75. The second-order valence-electron chi connectivity index (χ2n) is 6.73. The number of hydrogen-bond donors (Lipinski definition) is 0. The van der Waals surface area contributed by atoms with Crippen LogP contribution < -0.4 is 0 Å². The molecule has 0 radical (unpaired) electrons. The third-order valence-corrected chi connectivity index (χ3v) is 4.96. The van der Waals surface area contributed by atoms with Crippen molar-refractivity contribution >= 4 is 23.7 Å². The molecule has 3 rings (SSSR count). The Morgan fingerprint density at radius 3 is 2.41 bits per heavy atom. The van der Waals surface area contributed by atoms with E-state index in [9.17, 15) is 36.7 Å². The largest absolute Gasteiger partial charge is 0.459 e. The molecule has 0 aromatic carbocycles. The summed E-state index contributed by atoms with van der Waals surface area (Å²) in [7, 11) is 0. The lowest BCUT2D eigenvalue weighted by Crippen LogP contribution is -2.45. The van der Waals surface area contributed by atoms with Crippen LogP contribution in [0.2, 0.25) is 0 Å². The van der Waals surface area contributed by atoms with E-state index >= 15 is 0 Å². The average molecular weight is 394 g/mol. The fraction of sp³-hybridized carbons (Fsp3) is 0.625. The minimum atomic E-state index is -4.58. The second kappa shape index (κ2) is 6.31. The Morgan fingerprint density at radius 2 is 1.85 bits per heavy atom. The van der Waals surface area contributed by atoms with E-state index in [0.717, 1.165) is 0 Å². The van der Waals surface area contributed by atoms with Gasteiger partial charge in [0.25, 0.3) is 0 Å². The zero-order valence-corrected chi connectivity index (χ0v) is 13.8. The summed E-state index contributed by atoms with van der Waals surface area (Å²) in [5, 5.41) is 0. The molecule has 6 atom stereocenters. The number of ether oxygens (including phenoxy) is 3. The van der Waals surface area contributed by atoms with Crippen LogP contribution in [0.15, 0.2) is 12.2 Å². The van der Waals surface area contributed by atoms with Crippen LogP contribution in [-0.4, -0.2) is 54.9 Å². The van der Waals surface area contributed by atoms with Crippen molar-refractivity contribution in [1.29, 1.82) is 0 Å². The summed E-state index contributed by atoms with van der Waals surface area (Å²) in [6.45, 7) is 2.79. The van der Waals surface area contributed by atoms with Gasteiger partial charge < -0.3 is 14.2 Å². The molecule has 6 unspecified atom stereocenters. The Morgan fingerprint density at radius 1 is 1.22 bits per heavy atom. The number of alkyl halides is 4. The maximum atomic E-state index is 13.0. The third-order valence-electron chi connectivity index (χ3n) is 4.96. The van der Waals surface area contributed by atoms with E-state index in [1.54, 1.807) is 0 Å². The van der Waals surface area contributed by atoms with Crippen molar-refractivity contribution in [3.63, 3.8) is 0 Å². The lowest BCUT2D eigenvalue weighted by molar-refractivity contribution is -0.187. The first-order chi connectivity index (χ1) is 12.5. The summed E-state index contributed by atoms with van der Waals surface area (Å²) in [6.07, 6.45) is -6.45. The van der Waals surface area contributed by atoms with Gasteiger partial charge in [0, 0.05) is 5.57 Å². The molecule has 7 nitrogen and oxygen atoms in total. The first-order valence-corrected chi connectivity index (χ1v) is 7.90. The SMILES string of the molecule is C=C(C)C(=O)OC1C2OC(=O)C3C2C(=O)C1C3C(=O)OCC(F)(F)C(F)F. The lowest BCUT2D eigenvalue weighted by atomic mass is 9.78. The van der Waals surface area contributed by atoms with Crippen LogP contribution in [0, 0.1) is 23.7 Å². The molecule has 1 aliphatic heterocycles. The van der Waals surface area contributed by atoms with Gasteiger partial charge in [-0.15, -0.1) is 0 Å². The van der Waals surface area contributed by atoms with Gasteiger partial charge in [-0.3, -0.25) is 14.4 Å². The number of hydrogen-bond acceptors (Lipinski definition) is 7. The lowest BCUT2D eigenvalue weighted by Gasteiger charge is -2.29. The second-order valence-corrected chi connectivity index (χ2v) is 6.73. The molecule has 148 valence electrons. The monoisotopic (exact) mass is 394 g/mol. The van der Waals surface area contributed by atoms with Gasteiger partial charge in [-0.2, -0.15) is 8.78 Å². The summed E-state index contributed by atoms with van der Waals surface area (Å²) < 4.78 is 64.8. The third kappa shape index (κ3) is 2.88. The normalized spacial score (nSPS) is 34.0. The van der Waals surface area contributed by atoms with E-state index in [-0.39, 0.29) is 5.57 Å². The number of ketones is 1. The van der Waals surface area contributed by atoms with Crippen LogP contribution in [0.4, 0.5) is 17.6 Å². The number of carbonyl (C=O) groups is 4. The fourth-order valence-electron chi connectivity index (χ4n) is 3.79. The van der Waals surface area contributed by atoms with E-state index in [1.807, 2.05) is 0 Å². The molecule has 0 amide bonds. The Balaban J connectivity index is 1.82. The fourth-order valence-corrected chi connectivity index (χ4v) is 3.79. The molecule has 11 heteroatoms. The predicted octanol–water partition coefficient (Wildman–Crippen LogP) is 0.904. The number of rotatable bonds is 6. The van der Waals surface area contributed by atoms with Crippen LogP contribution in [0.1, 0.15) is 6.92 Å². The molecule has 3 aliphatic rings. The van der Waals surface area contributed by atoms with Gasteiger partial charge in [0.05, 0.1) is 23.7 Å². The van der Waals surface area contributed by atoms with Gasteiger partial charge in [0.15, 0.2) is 12.7 Å². The van der Waals surface area contributed by atoms with E-state index in [4.69, 9.17) is 9.47 Å². The number of halogens is 4. The Kier molecular flexibility index (Phi) is 4.51. The molecule has 0 spiro atoms. The summed E-state index contributed by atoms with van der Waals surface area (Å²) in [5.41, 5.74) is -0.0122. The van der Waals surface area contributed by atoms with E-state index in [1.165, 1.54) is 6.92 Å². The van der Waals surface area contributed by atoms with Crippen molar-refractivity contribution in [2.75, 3.05) is 6.61 Å². The van der Waals surface area contributed by atoms with Crippen molar-refractivity contribution in [2.45, 2.75) is 31.5 Å². The van der Waals surface area contributed by atoms with Crippen LogP contribution in [0.3, 0.4) is 0 Å². The summed E-state index contributed by atoms with van der Waals surface area (Å²) in [5.74, 6) is -13.7. The van der Waals surface area contributed by atoms with Gasteiger partial charge in [0.2, 0.25) is 0 Å². The van der Waals surface area contributed by atoms with Crippen molar-refractivity contribution < 1.29 is 51.0 Å². The zero-order chi connectivity index (χ0) is 20.3. The molecule has 27 heavy (non-hydrogen) atoms. The van der Waals surface area contributed by atoms with Gasteiger partial charge in [-0.25, -0.2) is 13.6 Å². The standard InChI is InChI=1S/C16H14F4O7/c1-4(2)12(22)26-10-7-5(13(23)25-3-16(19,20)15(17)18)6-8(9(7)21)11(10)27-14(6)24/h5-8,10-11,15H,1,3H2,2H3. The number of fused-ring (bicyclic) bond motifs is 1. The molecule has 0 aromatic heterocycles. The molecule has 0 aromatic rings. The maximum Gasteiger partial charge on any atom is 0.340 e. The highest BCUT2D eigenvalue weighted by atomic mass is 19.3. The number of esters is 3. The van der Waals surface area contributed by atoms with Gasteiger partial charge >= 0.3 is 30.3 Å². The summed E-state index contributed by atoms with van der Waals surface area (Å²) >= 11 is 0. The minimum absolute atomic E-state index is 0.0122. The van der Waals surface area contributed by atoms with Gasteiger partial charge in [-0.1, -0.05) is 6.58 Å². The smallest absolute Gasteiger partial charge is 0.340 e. The molecule has 2 aliphatic carbocycles. The topological polar surface area (TPSA) is 96.0 Å². The van der Waals surface area contributed by atoms with Crippen molar-refractivity contribution in [3.8, 4) is 0 Å². The van der Waals surface area contributed by atoms with Crippen LogP contribution >= 0.6 is 0 Å². The Bertz CT molecular complexity index is 734. The quantitative estimate of drug-likeness (QED) is 0.286. The van der Waals surface area contributed by atoms with Crippen LogP contribution in [-0.2, 0) is 33.4 Å². The summed E-state index contributed by atoms with van der Waals surface area (Å²) in [6, 6.07) is 0. The minimum Gasteiger partial charge on any atom is -0.459 e. The van der Waals surface area contributed by atoms with Gasteiger partial charge in [-0.05, 0) is 6.92 Å². The van der Waals surface area contributed by atoms with Gasteiger partial charge in [0.1, 0.15) is 11.9 Å². The van der Waals surface area contributed by atoms with Crippen molar-refractivity contribution in [1.82, 2.24) is 0 Å². The van der Waals surface area contributed by atoms with E-state index < -0.39 is 78.5 Å². The Hall–Kier alpha value is -2.46. The molecule has 1 saturated heterocycles. The summed E-state index contributed by atoms with van der Waals surface area (Å²) in [4.78, 5) is 48.5. The van der Waals surface area contributed by atoms with Crippen LogP contribution in [0.5, 0.6) is 0 Å². The van der Waals surface area contributed by atoms with E-state index in [0.29, 0.717) is 0 Å². The molecular formula is C16H14F4O7. The average Bonchev–Trinajstić information content (AvgIpc) is 3.11. The highest BCUT2D eigenvalue weighted by molar-refractivity contribution is 6.03. The molecule has 3 fully saturated rings. The molecule has 1 heterocycles. The predicted molar refractivity (Wildman–Crippen MR) is 75.5 cm³/mol. The molecule has 2 bridgehead atoms. The number of carbonyl (C=O) groups excluding carboxylic acids is 4. The Labute approximate surface area is 149 Å². The zero-order valence-electron chi connectivity index (χ0n) is 13.8. The molecule has 2 saturated carbocycles. The van der Waals surface area contributed by atoms with Crippen molar-refractivity contribution in [3.05, 3.63) is 12.2 Å². The van der Waals surface area contributed by atoms with E-state index in [2.05, 4.69) is 11.3 Å². The first-order valence-electron chi connectivity index (χ1n) is 7.90. The highest BCUT2D eigenvalue weighted by Crippen LogP contribution is 2.57. The molecular weight excluding hydrogens is 380 g/mol. The van der Waals surface area contributed by atoms with Crippen molar-refractivity contribution in [2.24, 2.45) is 23.7 Å². The van der Waals surface area contributed by atoms with Crippen LogP contribution in [0.25, 0.3) is 0 Å².